The molecule has 1 heterocycles. The molecule has 0 spiro atoms. The predicted octanol–water partition coefficient (Wildman–Crippen LogP) is 3.93. The van der Waals surface area contributed by atoms with E-state index in [0.717, 1.165) is 31.7 Å². The summed E-state index contributed by atoms with van der Waals surface area (Å²) in [5, 5.41) is 3.24. The molecule has 0 amide bonds. The van der Waals surface area contributed by atoms with Gasteiger partial charge in [0.05, 0.1) is 5.60 Å². The van der Waals surface area contributed by atoms with Gasteiger partial charge in [-0.1, -0.05) is 13.8 Å². The molecule has 0 saturated carbocycles. The zero-order valence-electron chi connectivity index (χ0n) is 12.5. The number of benzene rings is 1. The van der Waals surface area contributed by atoms with Gasteiger partial charge in [0.2, 0.25) is 0 Å². The van der Waals surface area contributed by atoms with Crippen LogP contribution < -0.4 is 5.32 Å². The molecule has 1 aromatic rings. The van der Waals surface area contributed by atoms with Crippen LogP contribution in [0.1, 0.15) is 45.1 Å². The molecule has 5 heteroatoms. The number of rotatable bonds is 5. The third kappa shape index (κ3) is 3.77. The average molecular weight is 301 g/mol. The minimum Gasteiger partial charge on any atom is -0.375 e. The van der Waals surface area contributed by atoms with Crippen LogP contribution in [-0.2, 0) is 11.3 Å². The van der Waals surface area contributed by atoms with Gasteiger partial charge in [0, 0.05) is 30.8 Å². The SMILES string of the molecule is CCC1(CC)CC(NCc2cc(F)c(F)cc2F)CCO1. The average Bonchev–Trinajstić information content (AvgIpc) is 2.49. The highest BCUT2D eigenvalue weighted by molar-refractivity contribution is 5.20. The first-order valence-electron chi connectivity index (χ1n) is 7.50. The first-order chi connectivity index (χ1) is 9.99. The number of nitrogens with one attached hydrogen (secondary N) is 1. The minimum absolute atomic E-state index is 0.123. The highest BCUT2D eigenvalue weighted by Crippen LogP contribution is 2.31. The van der Waals surface area contributed by atoms with Gasteiger partial charge in [-0.25, -0.2) is 13.2 Å². The maximum atomic E-state index is 13.6. The van der Waals surface area contributed by atoms with Gasteiger partial charge in [-0.3, -0.25) is 0 Å². The quantitative estimate of drug-likeness (QED) is 0.832. The van der Waals surface area contributed by atoms with Gasteiger partial charge in [0.1, 0.15) is 5.82 Å². The summed E-state index contributed by atoms with van der Waals surface area (Å²) in [7, 11) is 0. The largest absolute Gasteiger partial charge is 0.375 e. The molecule has 1 aliphatic heterocycles. The molecule has 2 nitrogen and oxygen atoms in total. The van der Waals surface area contributed by atoms with Crippen LogP contribution in [0.3, 0.4) is 0 Å². The van der Waals surface area contributed by atoms with Crippen molar-refractivity contribution in [1.82, 2.24) is 5.32 Å². The molecule has 0 aliphatic carbocycles. The van der Waals surface area contributed by atoms with E-state index < -0.39 is 17.5 Å². The zero-order chi connectivity index (χ0) is 15.5. The smallest absolute Gasteiger partial charge is 0.161 e. The fourth-order valence-corrected chi connectivity index (χ4v) is 2.90. The summed E-state index contributed by atoms with van der Waals surface area (Å²) in [5.41, 5.74) is 0.0293. The van der Waals surface area contributed by atoms with E-state index in [2.05, 4.69) is 19.2 Å². The second-order valence-corrected chi connectivity index (χ2v) is 5.67. The van der Waals surface area contributed by atoms with Crippen LogP contribution >= 0.6 is 0 Å². The molecule has 1 fully saturated rings. The maximum absolute atomic E-state index is 13.6. The van der Waals surface area contributed by atoms with E-state index in [1.54, 1.807) is 0 Å². The van der Waals surface area contributed by atoms with Crippen molar-refractivity contribution < 1.29 is 17.9 Å². The molecular weight excluding hydrogens is 279 g/mol. The normalized spacial score (nSPS) is 21.5. The van der Waals surface area contributed by atoms with Crippen molar-refractivity contribution in [3.63, 3.8) is 0 Å². The van der Waals surface area contributed by atoms with E-state index in [0.29, 0.717) is 12.7 Å². The molecular formula is C16H22F3NO. The molecule has 1 atom stereocenters. The van der Waals surface area contributed by atoms with E-state index in [4.69, 9.17) is 4.74 Å². The van der Waals surface area contributed by atoms with Crippen molar-refractivity contribution in [2.75, 3.05) is 6.61 Å². The number of halogens is 3. The summed E-state index contributed by atoms with van der Waals surface area (Å²) in [6.45, 7) is 5.05. The number of ether oxygens (including phenoxy) is 1. The van der Waals surface area contributed by atoms with Crippen molar-refractivity contribution in [2.24, 2.45) is 0 Å². The van der Waals surface area contributed by atoms with Gasteiger partial charge < -0.3 is 10.1 Å². The fourth-order valence-electron chi connectivity index (χ4n) is 2.90. The molecule has 118 valence electrons. The molecule has 21 heavy (non-hydrogen) atoms. The van der Waals surface area contributed by atoms with Gasteiger partial charge in [-0.2, -0.15) is 0 Å². The van der Waals surface area contributed by atoms with Crippen molar-refractivity contribution in [1.29, 1.82) is 0 Å². The van der Waals surface area contributed by atoms with Crippen molar-refractivity contribution in [2.45, 2.75) is 57.7 Å². The van der Waals surface area contributed by atoms with Crippen molar-refractivity contribution >= 4 is 0 Å². The highest BCUT2D eigenvalue weighted by Gasteiger charge is 2.34. The van der Waals surface area contributed by atoms with Crippen LogP contribution in [0, 0.1) is 17.5 Å². The molecule has 1 aromatic carbocycles. The van der Waals surface area contributed by atoms with Crippen LogP contribution in [0.2, 0.25) is 0 Å². The van der Waals surface area contributed by atoms with Crippen LogP contribution in [0.4, 0.5) is 13.2 Å². The Morgan fingerprint density at radius 2 is 1.81 bits per heavy atom. The van der Waals surface area contributed by atoms with Gasteiger partial charge in [0.15, 0.2) is 11.6 Å². The lowest BCUT2D eigenvalue weighted by Gasteiger charge is -2.40. The molecule has 1 unspecified atom stereocenters. The number of hydrogen-bond donors (Lipinski definition) is 1. The molecule has 0 bridgehead atoms. The zero-order valence-corrected chi connectivity index (χ0v) is 12.5. The van der Waals surface area contributed by atoms with Gasteiger partial charge in [-0.15, -0.1) is 0 Å². The molecule has 1 N–H and O–H groups in total. The van der Waals surface area contributed by atoms with Crippen LogP contribution in [0.15, 0.2) is 12.1 Å². The summed E-state index contributed by atoms with van der Waals surface area (Å²) >= 11 is 0. The topological polar surface area (TPSA) is 21.3 Å². The molecule has 2 rings (SSSR count). The van der Waals surface area contributed by atoms with E-state index >= 15 is 0 Å². The van der Waals surface area contributed by atoms with Crippen LogP contribution in [0.5, 0.6) is 0 Å². The lowest BCUT2D eigenvalue weighted by atomic mass is 9.86. The first kappa shape index (κ1) is 16.3. The summed E-state index contributed by atoms with van der Waals surface area (Å²) in [4.78, 5) is 0. The van der Waals surface area contributed by atoms with Crippen molar-refractivity contribution in [3.05, 3.63) is 35.1 Å². The monoisotopic (exact) mass is 301 g/mol. The van der Waals surface area contributed by atoms with E-state index in [-0.39, 0.29) is 23.8 Å². The van der Waals surface area contributed by atoms with Gasteiger partial charge >= 0.3 is 0 Å². The highest BCUT2D eigenvalue weighted by atomic mass is 19.2. The summed E-state index contributed by atoms with van der Waals surface area (Å²) in [6, 6.07) is 1.72. The standard InChI is InChI=1S/C16H22F3NO/c1-3-16(4-2)9-12(5-6-21-16)20-10-11-7-14(18)15(19)8-13(11)17/h7-8,12,20H,3-6,9-10H2,1-2H3. The van der Waals surface area contributed by atoms with Gasteiger partial charge in [-0.05, 0) is 31.7 Å². The Labute approximate surface area is 123 Å². The fraction of sp³-hybridized carbons (Fsp3) is 0.625. The molecule has 1 aliphatic rings. The maximum Gasteiger partial charge on any atom is 0.161 e. The van der Waals surface area contributed by atoms with Crippen LogP contribution in [0.25, 0.3) is 0 Å². The summed E-state index contributed by atoms with van der Waals surface area (Å²) in [5.74, 6) is -2.89. The third-order valence-corrected chi connectivity index (χ3v) is 4.45. The lowest BCUT2D eigenvalue weighted by Crippen LogP contribution is -2.46. The van der Waals surface area contributed by atoms with E-state index in [1.807, 2.05) is 0 Å². The lowest BCUT2D eigenvalue weighted by molar-refractivity contribution is -0.0932. The second kappa shape index (κ2) is 6.79. The Morgan fingerprint density at radius 1 is 1.14 bits per heavy atom. The molecule has 1 saturated heterocycles. The first-order valence-corrected chi connectivity index (χ1v) is 7.50. The predicted molar refractivity (Wildman–Crippen MR) is 75.4 cm³/mol. The second-order valence-electron chi connectivity index (χ2n) is 5.67. The molecule has 0 radical (unpaired) electrons. The Balaban J connectivity index is 1.98. The van der Waals surface area contributed by atoms with Crippen LogP contribution in [-0.4, -0.2) is 18.2 Å². The van der Waals surface area contributed by atoms with Gasteiger partial charge in [0.25, 0.3) is 0 Å². The van der Waals surface area contributed by atoms with Crippen molar-refractivity contribution in [3.8, 4) is 0 Å². The Hall–Kier alpha value is -1.07. The number of hydrogen-bond acceptors (Lipinski definition) is 2. The summed E-state index contributed by atoms with van der Waals surface area (Å²) < 4.78 is 45.5. The van der Waals surface area contributed by atoms with E-state index in [9.17, 15) is 13.2 Å². The summed E-state index contributed by atoms with van der Waals surface area (Å²) in [6.07, 6.45) is 3.56. The Morgan fingerprint density at radius 3 is 2.48 bits per heavy atom. The Kier molecular flexibility index (Phi) is 5.27. The third-order valence-electron chi connectivity index (χ3n) is 4.45. The van der Waals surface area contributed by atoms with E-state index in [1.165, 1.54) is 0 Å². The molecule has 0 aromatic heterocycles. The minimum atomic E-state index is -1.15. The Bertz CT molecular complexity index is 489.